The summed E-state index contributed by atoms with van der Waals surface area (Å²) < 4.78 is 0. The number of pyridine rings is 2. The van der Waals surface area contributed by atoms with Crippen LogP contribution in [0.5, 0.6) is 0 Å². The SMILES string of the molecule is C(=N[C@H]1CCCC[C@@H]1N=Cc1ccncc1)c1ccncc1. The Labute approximate surface area is 131 Å². The summed E-state index contributed by atoms with van der Waals surface area (Å²) in [6.07, 6.45) is 15.8. The van der Waals surface area contributed by atoms with Crippen LogP contribution in [0.2, 0.25) is 0 Å². The van der Waals surface area contributed by atoms with Gasteiger partial charge in [0.25, 0.3) is 0 Å². The normalized spacial score (nSPS) is 22.4. The Morgan fingerprint density at radius 1 is 0.727 bits per heavy atom. The summed E-state index contributed by atoms with van der Waals surface area (Å²) >= 11 is 0. The number of hydrogen-bond donors (Lipinski definition) is 0. The second-order valence-corrected chi connectivity index (χ2v) is 5.54. The van der Waals surface area contributed by atoms with Crippen molar-refractivity contribution in [2.24, 2.45) is 9.98 Å². The van der Waals surface area contributed by atoms with Gasteiger partial charge in [-0.25, -0.2) is 0 Å². The van der Waals surface area contributed by atoms with E-state index in [0.717, 1.165) is 24.0 Å². The zero-order valence-electron chi connectivity index (χ0n) is 12.5. The van der Waals surface area contributed by atoms with Gasteiger partial charge in [0.15, 0.2) is 0 Å². The molecule has 0 radical (unpaired) electrons. The minimum absolute atomic E-state index is 0.278. The maximum absolute atomic E-state index is 4.77. The van der Waals surface area contributed by atoms with Gasteiger partial charge in [-0.1, -0.05) is 12.8 Å². The van der Waals surface area contributed by atoms with E-state index in [1.165, 1.54) is 12.8 Å². The molecule has 4 heteroatoms. The molecule has 2 aromatic rings. The van der Waals surface area contributed by atoms with E-state index in [1.54, 1.807) is 24.8 Å². The molecule has 1 aliphatic carbocycles. The highest BCUT2D eigenvalue weighted by molar-refractivity contribution is 5.80. The van der Waals surface area contributed by atoms with Crippen LogP contribution < -0.4 is 0 Å². The Bertz CT molecular complexity index is 565. The van der Waals surface area contributed by atoms with Gasteiger partial charge in [0, 0.05) is 37.2 Å². The molecule has 0 saturated heterocycles. The molecule has 0 aromatic carbocycles. The number of aliphatic imine (C=N–C) groups is 2. The molecule has 1 aliphatic rings. The predicted molar refractivity (Wildman–Crippen MR) is 89.7 cm³/mol. The third kappa shape index (κ3) is 4.07. The third-order valence-electron chi connectivity index (χ3n) is 3.94. The number of nitrogens with zero attached hydrogens (tertiary/aromatic N) is 4. The average molecular weight is 292 g/mol. The summed E-state index contributed by atoms with van der Waals surface area (Å²) in [5.74, 6) is 0. The van der Waals surface area contributed by atoms with Crippen LogP contribution in [0.3, 0.4) is 0 Å². The molecule has 1 fully saturated rings. The Morgan fingerprint density at radius 2 is 1.14 bits per heavy atom. The van der Waals surface area contributed by atoms with Crippen LogP contribution in [0.15, 0.2) is 59.0 Å². The molecule has 4 nitrogen and oxygen atoms in total. The molecule has 1 saturated carbocycles. The van der Waals surface area contributed by atoms with Crippen LogP contribution in [-0.2, 0) is 0 Å². The molecule has 0 unspecified atom stereocenters. The third-order valence-corrected chi connectivity index (χ3v) is 3.94. The quantitative estimate of drug-likeness (QED) is 0.812. The monoisotopic (exact) mass is 292 g/mol. The van der Waals surface area contributed by atoms with Crippen molar-refractivity contribution < 1.29 is 0 Å². The van der Waals surface area contributed by atoms with E-state index in [1.807, 2.05) is 36.7 Å². The van der Waals surface area contributed by atoms with Crippen LogP contribution in [0, 0.1) is 0 Å². The largest absolute Gasteiger partial charge is 0.287 e. The van der Waals surface area contributed by atoms with Crippen LogP contribution in [0.4, 0.5) is 0 Å². The maximum atomic E-state index is 4.77. The van der Waals surface area contributed by atoms with Crippen molar-refractivity contribution in [2.75, 3.05) is 0 Å². The maximum Gasteiger partial charge on any atom is 0.0723 e. The number of hydrogen-bond acceptors (Lipinski definition) is 4. The standard InChI is InChI=1S/C18H20N4/c1-2-4-18(22-14-16-7-11-20-12-8-16)17(3-1)21-13-15-5-9-19-10-6-15/h5-14,17-18H,1-4H2/t17-,18-/m0/s1. The summed E-state index contributed by atoms with van der Waals surface area (Å²) in [5, 5.41) is 0. The fourth-order valence-corrected chi connectivity index (χ4v) is 2.70. The topological polar surface area (TPSA) is 50.5 Å². The molecule has 3 rings (SSSR count). The van der Waals surface area contributed by atoms with Gasteiger partial charge < -0.3 is 0 Å². The van der Waals surface area contributed by atoms with Gasteiger partial charge in [-0.3, -0.25) is 20.0 Å². The molecule has 2 atom stereocenters. The second-order valence-electron chi connectivity index (χ2n) is 5.54. The highest BCUT2D eigenvalue weighted by atomic mass is 14.9. The lowest BCUT2D eigenvalue weighted by atomic mass is 9.91. The highest BCUT2D eigenvalue weighted by Crippen LogP contribution is 2.24. The zero-order chi connectivity index (χ0) is 15.0. The van der Waals surface area contributed by atoms with Gasteiger partial charge in [-0.15, -0.1) is 0 Å². The van der Waals surface area contributed by atoms with Gasteiger partial charge in [-0.2, -0.15) is 0 Å². The van der Waals surface area contributed by atoms with Crippen molar-refractivity contribution in [3.63, 3.8) is 0 Å². The van der Waals surface area contributed by atoms with Crippen LogP contribution in [0.1, 0.15) is 36.8 Å². The molecule has 112 valence electrons. The molecule has 2 heterocycles. The van der Waals surface area contributed by atoms with Crippen molar-refractivity contribution in [1.82, 2.24) is 9.97 Å². The molecular formula is C18H20N4. The lowest BCUT2D eigenvalue weighted by molar-refractivity contribution is 0.390. The van der Waals surface area contributed by atoms with Crippen molar-refractivity contribution >= 4 is 12.4 Å². The van der Waals surface area contributed by atoms with E-state index in [4.69, 9.17) is 9.98 Å². The van der Waals surface area contributed by atoms with E-state index in [2.05, 4.69) is 9.97 Å². The van der Waals surface area contributed by atoms with Crippen LogP contribution in [0.25, 0.3) is 0 Å². The van der Waals surface area contributed by atoms with Crippen molar-refractivity contribution in [2.45, 2.75) is 37.8 Å². The minimum atomic E-state index is 0.278. The molecule has 0 aliphatic heterocycles. The Kier molecular flexibility index (Phi) is 5.03. The molecule has 0 bridgehead atoms. The fourth-order valence-electron chi connectivity index (χ4n) is 2.70. The minimum Gasteiger partial charge on any atom is -0.287 e. The van der Waals surface area contributed by atoms with E-state index in [-0.39, 0.29) is 12.1 Å². The zero-order valence-corrected chi connectivity index (χ0v) is 12.5. The van der Waals surface area contributed by atoms with E-state index in [0.29, 0.717) is 0 Å². The summed E-state index contributed by atoms with van der Waals surface area (Å²) in [7, 11) is 0. The summed E-state index contributed by atoms with van der Waals surface area (Å²) in [6.45, 7) is 0. The first-order valence-corrected chi connectivity index (χ1v) is 7.78. The van der Waals surface area contributed by atoms with Gasteiger partial charge in [0.2, 0.25) is 0 Å². The summed E-state index contributed by atoms with van der Waals surface area (Å²) in [5.41, 5.74) is 2.19. The van der Waals surface area contributed by atoms with Gasteiger partial charge >= 0.3 is 0 Å². The summed E-state index contributed by atoms with van der Waals surface area (Å²) in [4.78, 5) is 17.6. The molecule has 2 aromatic heterocycles. The Balaban J connectivity index is 1.69. The van der Waals surface area contributed by atoms with E-state index in [9.17, 15) is 0 Å². The molecular weight excluding hydrogens is 272 g/mol. The molecule has 0 N–H and O–H groups in total. The second kappa shape index (κ2) is 7.59. The van der Waals surface area contributed by atoms with E-state index < -0.39 is 0 Å². The van der Waals surface area contributed by atoms with E-state index >= 15 is 0 Å². The van der Waals surface area contributed by atoms with Crippen molar-refractivity contribution in [1.29, 1.82) is 0 Å². The Hall–Kier alpha value is -2.36. The average Bonchev–Trinajstić information content (AvgIpc) is 2.61. The smallest absolute Gasteiger partial charge is 0.0723 e. The number of aromatic nitrogens is 2. The van der Waals surface area contributed by atoms with Crippen LogP contribution >= 0.6 is 0 Å². The van der Waals surface area contributed by atoms with Gasteiger partial charge in [-0.05, 0) is 48.2 Å². The van der Waals surface area contributed by atoms with Crippen LogP contribution in [-0.4, -0.2) is 34.5 Å². The molecule has 0 amide bonds. The first-order valence-electron chi connectivity index (χ1n) is 7.78. The predicted octanol–water partition coefficient (Wildman–Crippen LogP) is 3.33. The van der Waals surface area contributed by atoms with Crippen molar-refractivity contribution in [3.05, 3.63) is 60.2 Å². The Morgan fingerprint density at radius 3 is 1.55 bits per heavy atom. The summed E-state index contributed by atoms with van der Waals surface area (Å²) in [6, 6.07) is 8.45. The molecule has 0 spiro atoms. The first kappa shape index (κ1) is 14.6. The lowest BCUT2D eigenvalue weighted by Gasteiger charge is -2.25. The lowest BCUT2D eigenvalue weighted by Crippen LogP contribution is -2.27. The molecule has 22 heavy (non-hydrogen) atoms. The first-order chi connectivity index (χ1) is 10.9. The fraction of sp³-hybridized carbons (Fsp3) is 0.333. The number of rotatable bonds is 4. The van der Waals surface area contributed by atoms with Crippen molar-refractivity contribution in [3.8, 4) is 0 Å². The van der Waals surface area contributed by atoms with Gasteiger partial charge in [0.1, 0.15) is 0 Å². The highest BCUT2D eigenvalue weighted by Gasteiger charge is 2.22. The van der Waals surface area contributed by atoms with Gasteiger partial charge in [0.05, 0.1) is 12.1 Å².